The van der Waals surface area contributed by atoms with Crippen molar-refractivity contribution in [1.82, 2.24) is 14.8 Å². The van der Waals surface area contributed by atoms with Crippen molar-refractivity contribution in [2.45, 2.75) is 20.4 Å². The fraction of sp³-hybridized carbons (Fsp3) is 0.136. The molecule has 0 aliphatic carbocycles. The molecule has 1 saturated heterocycles. The molecule has 0 saturated carbocycles. The smallest absolute Gasteiger partial charge is 0.331 e. The van der Waals surface area contributed by atoms with Crippen molar-refractivity contribution in [3.05, 3.63) is 87.1 Å². The molecule has 0 spiro atoms. The van der Waals surface area contributed by atoms with Crippen LogP contribution in [0.25, 0.3) is 11.8 Å². The molecule has 1 fully saturated rings. The first-order chi connectivity index (χ1) is 15.3. The Bertz CT molecular complexity index is 1270. The van der Waals surface area contributed by atoms with E-state index in [1.54, 1.807) is 37.3 Å². The fourth-order valence-electron chi connectivity index (χ4n) is 3.61. The zero-order chi connectivity index (χ0) is 23.0. The van der Waals surface area contributed by atoms with E-state index in [9.17, 15) is 24.5 Å². The van der Waals surface area contributed by atoms with Crippen LogP contribution in [0, 0.1) is 24.0 Å². The van der Waals surface area contributed by atoms with E-state index in [1.165, 1.54) is 24.5 Å². The minimum absolute atomic E-state index is 0.0238. The molecule has 4 amide bonds. The summed E-state index contributed by atoms with van der Waals surface area (Å²) in [5.41, 5.74) is 2.62. The average Bonchev–Trinajstić information content (AvgIpc) is 3.36. The number of nitro benzene ring substituents is 1. The number of hydrogen-bond donors (Lipinski definition) is 1. The Morgan fingerprint density at radius 2 is 1.84 bits per heavy atom. The van der Waals surface area contributed by atoms with Crippen LogP contribution in [0.5, 0.6) is 0 Å². The highest BCUT2D eigenvalue weighted by Gasteiger charge is 2.36. The molecule has 32 heavy (non-hydrogen) atoms. The normalized spacial score (nSPS) is 15.4. The molecule has 0 bridgehead atoms. The van der Waals surface area contributed by atoms with Crippen LogP contribution in [-0.4, -0.2) is 32.2 Å². The molecular weight excluding hydrogens is 416 g/mol. The number of rotatable bonds is 5. The molecule has 0 unspecified atom stereocenters. The van der Waals surface area contributed by atoms with Crippen LogP contribution in [-0.2, 0) is 16.1 Å². The number of hydrogen-bond acceptors (Lipinski definition) is 6. The second-order valence-electron chi connectivity index (χ2n) is 7.22. The van der Waals surface area contributed by atoms with Crippen molar-refractivity contribution >= 4 is 29.6 Å². The Labute approximate surface area is 181 Å². The molecule has 1 aliphatic rings. The maximum Gasteiger partial charge on any atom is 0.331 e. The molecule has 0 atom stereocenters. The van der Waals surface area contributed by atoms with Crippen molar-refractivity contribution in [1.29, 1.82) is 0 Å². The molecule has 0 radical (unpaired) electrons. The van der Waals surface area contributed by atoms with Gasteiger partial charge in [0.15, 0.2) is 0 Å². The van der Waals surface area contributed by atoms with Crippen LogP contribution in [0.4, 0.5) is 10.5 Å². The number of nitro groups is 1. The maximum atomic E-state index is 12.9. The van der Waals surface area contributed by atoms with Crippen molar-refractivity contribution in [3.63, 3.8) is 0 Å². The Kier molecular flexibility index (Phi) is 5.19. The number of imide groups is 2. The molecule has 10 heteroatoms. The first kappa shape index (κ1) is 20.8. The van der Waals surface area contributed by atoms with Crippen molar-refractivity contribution < 1.29 is 23.7 Å². The second kappa shape index (κ2) is 7.99. The van der Waals surface area contributed by atoms with Gasteiger partial charge in [-0.15, -0.1) is 0 Å². The molecule has 1 N–H and O–H groups in total. The number of furan rings is 1. The topological polar surface area (TPSA) is 128 Å². The van der Waals surface area contributed by atoms with E-state index in [-0.39, 0.29) is 17.8 Å². The van der Waals surface area contributed by atoms with Crippen LogP contribution in [0.2, 0.25) is 0 Å². The Morgan fingerprint density at radius 1 is 1.12 bits per heavy atom. The molecule has 3 aromatic rings. The summed E-state index contributed by atoms with van der Waals surface area (Å²) in [4.78, 5) is 48.8. The van der Waals surface area contributed by atoms with Crippen LogP contribution in [0.15, 0.2) is 58.7 Å². The lowest BCUT2D eigenvalue weighted by Gasteiger charge is -2.25. The summed E-state index contributed by atoms with van der Waals surface area (Å²) in [5.74, 6) is -1.11. The van der Waals surface area contributed by atoms with Crippen LogP contribution in [0.3, 0.4) is 0 Å². The molecule has 2 aromatic heterocycles. The lowest BCUT2D eigenvalue weighted by molar-refractivity contribution is -0.384. The lowest BCUT2D eigenvalue weighted by Crippen LogP contribution is -2.53. The number of non-ortho nitro benzene ring substituents is 1. The van der Waals surface area contributed by atoms with Gasteiger partial charge in [-0.3, -0.25) is 29.9 Å². The molecule has 162 valence electrons. The summed E-state index contributed by atoms with van der Waals surface area (Å²) >= 11 is 0. The standard InChI is InChI=1S/C22H18N4O6/c1-13-10-15(14(2)25(13)16-5-7-17(8-6-16)26(30)31)11-19-20(27)23-22(29)24(21(19)28)12-18-4-3-9-32-18/h3-11H,12H2,1-2H3,(H,23,27,29)/b19-11+. The molecular formula is C22H18N4O6. The number of carbonyl (C=O) groups excluding carboxylic acids is 3. The third kappa shape index (κ3) is 3.69. The summed E-state index contributed by atoms with van der Waals surface area (Å²) < 4.78 is 7.05. The Balaban J connectivity index is 1.69. The maximum absolute atomic E-state index is 12.9. The van der Waals surface area contributed by atoms with Gasteiger partial charge in [0, 0.05) is 29.2 Å². The van der Waals surface area contributed by atoms with E-state index in [1.807, 2.05) is 11.5 Å². The predicted octanol–water partition coefficient (Wildman–Crippen LogP) is 3.26. The van der Waals surface area contributed by atoms with E-state index >= 15 is 0 Å². The Hall–Kier alpha value is -4.47. The fourth-order valence-corrected chi connectivity index (χ4v) is 3.61. The number of amides is 4. The highest BCUT2D eigenvalue weighted by molar-refractivity contribution is 6.31. The number of barbiturate groups is 1. The van der Waals surface area contributed by atoms with Gasteiger partial charge in [-0.25, -0.2) is 4.79 Å². The van der Waals surface area contributed by atoms with Gasteiger partial charge < -0.3 is 8.98 Å². The first-order valence-corrected chi connectivity index (χ1v) is 9.61. The van der Waals surface area contributed by atoms with Gasteiger partial charge in [-0.2, -0.15) is 0 Å². The largest absolute Gasteiger partial charge is 0.467 e. The number of benzene rings is 1. The van der Waals surface area contributed by atoms with E-state index in [4.69, 9.17) is 4.42 Å². The van der Waals surface area contributed by atoms with Crippen LogP contribution in [0.1, 0.15) is 22.7 Å². The highest BCUT2D eigenvalue weighted by atomic mass is 16.6. The quantitative estimate of drug-likeness (QED) is 0.284. The SMILES string of the molecule is Cc1cc(/C=C2\C(=O)NC(=O)N(Cc3ccco3)C2=O)c(C)n1-c1ccc([N+](=O)[O-])cc1. The van der Waals surface area contributed by atoms with Gasteiger partial charge in [0.1, 0.15) is 11.3 Å². The molecule has 1 aliphatic heterocycles. The first-order valence-electron chi connectivity index (χ1n) is 9.61. The number of nitrogens with one attached hydrogen (secondary N) is 1. The number of nitrogens with zero attached hydrogens (tertiary/aromatic N) is 3. The summed E-state index contributed by atoms with van der Waals surface area (Å²) in [6.45, 7) is 3.54. The van der Waals surface area contributed by atoms with Gasteiger partial charge in [-0.05, 0) is 55.8 Å². The summed E-state index contributed by atoms with van der Waals surface area (Å²) in [6.07, 6.45) is 2.86. The molecule has 1 aromatic carbocycles. The number of urea groups is 1. The number of aryl methyl sites for hydroxylation is 1. The zero-order valence-electron chi connectivity index (χ0n) is 17.2. The number of carbonyl (C=O) groups is 3. The summed E-state index contributed by atoms with van der Waals surface area (Å²) in [5, 5.41) is 13.1. The van der Waals surface area contributed by atoms with Crippen molar-refractivity contribution in [2.24, 2.45) is 0 Å². The monoisotopic (exact) mass is 434 g/mol. The minimum atomic E-state index is -0.815. The lowest BCUT2D eigenvalue weighted by atomic mass is 10.1. The van der Waals surface area contributed by atoms with Gasteiger partial charge >= 0.3 is 6.03 Å². The minimum Gasteiger partial charge on any atom is -0.467 e. The van der Waals surface area contributed by atoms with Crippen LogP contribution < -0.4 is 5.32 Å². The second-order valence-corrected chi connectivity index (χ2v) is 7.22. The van der Waals surface area contributed by atoms with E-state index in [0.717, 1.165) is 16.3 Å². The predicted molar refractivity (Wildman–Crippen MR) is 113 cm³/mol. The van der Waals surface area contributed by atoms with Crippen molar-refractivity contribution in [2.75, 3.05) is 0 Å². The molecule has 10 nitrogen and oxygen atoms in total. The average molecular weight is 434 g/mol. The molecule has 4 rings (SSSR count). The molecule has 3 heterocycles. The Morgan fingerprint density at radius 3 is 2.47 bits per heavy atom. The summed E-state index contributed by atoms with van der Waals surface area (Å²) in [6, 6.07) is 10.3. The van der Waals surface area contributed by atoms with Gasteiger partial charge in [0.05, 0.1) is 17.7 Å². The van der Waals surface area contributed by atoms with Crippen LogP contribution >= 0.6 is 0 Å². The third-order valence-corrected chi connectivity index (χ3v) is 5.17. The number of aromatic nitrogens is 1. The highest BCUT2D eigenvalue weighted by Crippen LogP contribution is 2.25. The van der Waals surface area contributed by atoms with Gasteiger partial charge in [-0.1, -0.05) is 0 Å². The van der Waals surface area contributed by atoms with E-state index < -0.39 is 22.8 Å². The van der Waals surface area contributed by atoms with E-state index in [0.29, 0.717) is 17.0 Å². The van der Waals surface area contributed by atoms with E-state index in [2.05, 4.69) is 5.32 Å². The van der Waals surface area contributed by atoms with Gasteiger partial charge in [0.2, 0.25) is 0 Å². The summed E-state index contributed by atoms with van der Waals surface area (Å²) in [7, 11) is 0. The van der Waals surface area contributed by atoms with Gasteiger partial charge in [0.25, 0.3) is 17.5 Å². The zero-order valence-corrected chi connectivity index (χ0v) is 17.2. The third-order valence-electron chi connectivity index (χ3n) is 5.17. The van der Waals surface area contributed by atoms with Crippen molar-refractivity contribution in [3.8, 4) is 5.69 Å².